The minimum Gasteiger partial charge on any atom is -0.353 e. The topological polar surface area (TPSA) is 55.1 Å². The van der Waals surface area contributed by atoms with Gasteiger partial charge in [-0.15, -0.1) is 0 Å². The summed E-state index contributed by atoms with van der Waals surface area (Å²) in [6.07, 6.45) is 7.80. The molecular formula is C13H24N2O. The summed E-state index contributed by atoms with van der Waals surface area (Å²) < 4.78 is 0. The Balaban J connectivity index is 1.72. The molecule has 0 aliphatic heterocycles. The van der Waals surface area contributed by atoms with Gasteiger partial charge in [0.05, 0.1) is 0 Å². The van der Waals surface area contributed by atoms with Gasteiger partial charge in [-0.25, -0.2) is 0 Å². The van der Waals surface area contributed by atoms with Crippen molar-refractivity contribution in [3.63, 3.8) is 0 Å². The fraction of sp³-hybridized carbons (Fsp3) is 0.923. The summed E-state index contributed by atoms with van der Waals surface area (Å²) in [6.45, 7) is 2.21. The molecular weight excluding hydrogens is 200 g/mol. The lowest BCUT2D eigenvalue weighted by molar-refractivity contribution is -0.126. The van der Waals surface area contributed by atoms with E-state index in [1.165, 1.54) is 19.3 Å². The van der Waals surface area contributed by atoms with Gasteiger partial charge in [0.2, 0.25) is 5.91 Å². The van der Waals surface area contributed by atoms with Crippen LogP contribution < -0.4 is 11.1 Å². The van der Waals surface area contributed by atoms with E-state index in [0.29, 0.717) is 6.04 Å². The van der Waals surface area contributed by atoms with Crippen molar-refractivity contribution in [1.29, 1.82) is 0 Å². The predicted octanol–water partition coefficient (Wildman–Crippen LogP) is 1.81. The first-order chi connectivity index (χ1) is 7.70. The van der Waals surface area contributed by atoms with Gasteiger partial charge in [0, 0.05) is 18.0 Å². The van der Waals surface area contributed by atoms with Crippen molar-refractivity contribution in [3.05, 3.63) is 0 Å². The monoisotopic (exact) mass is 224 g/mol. The van der Waals surface area contributed by atoms with Crippen LogP contribution in [0.3, 0.4) is 0 Å². The third-order valence-corrected chi connectivity index (χ3v) is 4.00. The second-order valence-electron chi connectivity index (χ2n) is 5.52. The molecule has 0 aromatic heterocycles. The predicted molar refractivity (Wildman–Crippen MR) is 64.9 cm³/mol. The zero-order chi connectivity index (χ0) is 11.5. The van der Waals surface area contributed by atoms with Gasteiger partial charge in [-0.3, -0.25) is 4.79 Å². The summed E-state index contributed by atoms with van der Waals surface area (Å²) in [7, 11) is 0. The van der Waals surface area contributed by atoms with Gasteiger partial charge in [0.15, 0.2) is 0 Å². The molecule has 0 heterocycles. The van der Waals surface area contributed by atoms with Gasteiger partial charge in [0.1, 0.15) is 0 Å². The number of hydrogen-bond acceptors (Lipinski definition) is 2. The molecule has 0 aromatic rings. The Morgan fingerprint density at radius 1 is 1.38 bits per heavy atom. The van der Waals surface area contributed by atoms with Crippen LogP contribution in [0.5, 0.6) is 0 Å². The largest absolute Gasteiger partial charge is 0.353 e. The van der Waals surface area contributed by atoms with Crippen molar-refractivity contribution in [2.75, 3.05) is 0 Å². The molecule has 16 heavy (non-hydrogen) atoms. The number of nitrogens with one attached hydrogen (secondary N) is 1. The van der Waals surface area contributed by atoms with E-state index in [1.807, 2.05) is 0 Å². The van der Waals surface area contributed by atoms with Gasteiger partial charge in [0.25, 0.3) is 0 Å². The highest BCUT2D eigenvalue weighted by Gasteiger charge is 2.38. The second kappa shape index (κ2) is 5.17. The summed E-state index contributed by atoms with van der Waals surface area (Å²) in [4.78, 5) is 12.0. The lowest BCUT2D eigenvalue weighted by atomic mass is 9.85. The van der Waals surface area contributed by atoms with Crippen LogP contribution in [0.2, 0.25) is 0 Å². The molecule has 2 fully saturated rings. The van der Waals surface area contributed by atoms with Gasteiger partial charge in [-0.05, 0) is 38.0 Å². The van der Waals surface area contributed by atoms with Crippen molar-refractivity contribution < 1.29 is 4.79 Å². The molecule has 4 unspecified atom stereocenters. The molecule has 0 bridgehead atoms. The van der Waals surface area contributed by atoms with E-state index in [4.69, 9.17) is 5.73 Å². The van der Waals surface area contributed by atoms with E-state index in [9.17, 15) is 4.79 Å². The molecule has 0 aromatic carbocycles. The van der Waals surface area contributed by atoms with E-state index in [2.05, 4.69) is 12.2 Å². The standard InChI is InChI=1S/C13H24N2O/c1-2-4-9-8-12(9)15-13(16)10-5-3-6-11(14)7-10/h9-12H,2-8,14H2,1H3,(H,15,16). The van der Waals surface area contributed by atoms with Gasteiger partial charge in [-0.1, -0.05) is 19.8 Å². The zero-order valence-corrected chi connectivity index (χ0v) is 10.2. The van der Waals surface area contributed by atoms with Crippen LogP contribution in [-0.4, -0.2) is 18.0 Å². The lowest BCUT2D eigenvalue weighted by Gasteiger charge is -2.25. The number of rotatable bonds is 4. The van der Waals surface area contributed by atoms with Crippen LogP contribution in [-0.2, 0) is 4.79 Å². The fourth-order valence-electron chi connectivity index (χ4n) is 2.88. The summed E-state index contributed by atoms with van der Waals surface area (Å²) in [5.74, 6) is 1.21. The van der Waals surface area contributed by atoms with Crippen molar-refractivity contribution in [2.24, 2.45) is 17.6 Å². The highest BCUT2D eigenvalue weighted by Crippen LogP contribution is 2.35. The van der Waals surface area contributed by atoms with Crippen LogP contribution in [0.25, 0.3) is 0 Å². The molecule has 4 atom stereocenters. The summed E-state index contributed by atoms with van der Waals surface area (Å²) in [5.41, 5.74) is 5.90. The zero-order valence-electron chi connectivity index (χ0n) is 10.2. The van der Waals surface area contributed by atoms with E-state index >= 15 is 0 Å². The maximum atomic E-state index is 12.0. The van der Waals surface area contributed by atoms with Crippen molar-refractivity contribution in [3.8, 4) is 0 Å². The second-order valence-corrected chi connectivity index (χ2v) is 5.52. The molecule has 1 amide bonds. The number of carbonyl (C=O) groups excluding carboxylic acids is 1. The molecule has 3 N–H and O–H groups in total. The van der Waals surface area contributed by atoms with Crippen LogP contribution in [0.4, 0.5) is 0 Å². The summed E-state index contributed by atoms with van der Waals surface area (Å²) >= 11 is 0. The maximum absolute atomic E-state index is 12.0. The smallest absolute Gasteiger partial charge is 0.223 e. The molecule has 0 radical (unpaired) electrons. The number of amides is 1. The van der Waals surface area contributed by atoms with Crippen LogP contribution in [0.15, 0.2) is 0 Å². The SMILES string of the molecule is CCCC1CC1NC(=O)C1CCCC(N)C1. The Kier molecular flexibility index (Phi) is 3.85. The Bertz CT molecular complexity index is 254. The van der Waals surface area contributed by atoms with E-state index < -0.39 is 0 Å². The first-order valence-corrected chi connectivity index (χ1v) is 6.76. The van der Waals surface area contributed by atoms with Crippen molar-refractivity contribution >= 4 is 5.91 Å². The Morgan fingerprint density at radius 2 is 2.19 bits per heavy atom. The van der Waals surface area contributed by atoms with Crippen molar-refractivity contribution in [2.45, 2.75) is 64.0 Å². The minimum atomic E-state index is 0.187. The quantitative estimate of drug-likeness (QED) is 0.765. The molecule has 2 rings (SSSR count). The van der Waals surface area contributed by atoms with Gasteiger partial charge in [-0.2, -0.15) is 0 Å². The molecule has 0 spiro atoms. The average molecular weight is 224 g/mol. The number of nitrogens with two attached hydrogens (primary N) is 1. The minimum absolute atomic E-state index is 0.187. The van der Waals surface area contributed by atoms with E-state index in [-0.39, 0.29) is 17.9 Å². The Hall–Kier alpha value is -0.570. The molecule has 2 aliphatic rings. The first-order valence-electron chi connectivity index (χ1n) is 6.76. The Labute approximate surface area is 98.2 Å². The van der Waals surface area contributed by atoms with Gasteiger partial charge >= 0.3 is 0 Å². The fourth-order valence-corrected chi connectivity index (χ4v) is 2.88. The van der Waals surface area contributed by atoms with Crippen molar-refractivity contribution in [1.82, 2.24) is 5.32 Å². The maximum Gasteiger partial charge on any atom is 0.223 e. The first kappa shape index (κ1) is 11.9. The number of hydrogen-bond donors (Lipinski definition) is 2. The molecule has 3 heteroatoms. The van der Waals surface area contributed by atoms with Crippen LogP contribution >= 0.6 is 0 Å². The summed E-state index contributed by atoms with van der Waals surface area (Å²) in [6, 6.07) is 0.723. The van der Waals surface area contributed by atoms with Gasteiger partial charge < -0.3 is 11.1 Å². The normalized spacial score (nSPS) is 38.1. The molecule has 3 nitrogen and oxygen atoms in total. The third kappa shape index (κ3) is 2.97. The van der Waals surface area contributed by atoms with Crippen LogP contribution in [0.1, 0.15) is 51.9 Å². The highest BCUT2D eigenvalue weighted by molar-refractivity contribution is 5.79. The number of carbonyl (C=O) groups is 1. The highest BCUT2D eigenvalue weighted by atomic mass is 16.2. The Morgan fingerprint density at radius 3 is 2.88 bits per heavy atom. The molecule has 2 aliphatic carbocycles. The van der Waals surface area contributed by atoms with Crippen LogP contribution in [0, 0.1) is 11.8 Å². The molecule has 92 valence electrons. The third-order valence-electron chi connectivity index (χ3n) is 4.00. The van der Waals surface area contributed by atoms with E-state index in [0.717, 1.165) is 31.6 Å². The lowest BCUT2D eigenvalue weighted by Crippen LogP contribution is -2.39. The van der Waals surface area contributed by atoms with E-state index in [1.54, 1.807) is 0 Å². The summed E-state index contributed by atoms with van der Waals surface area (Å²) in [5, 5.41) is 3.18. The molecule has 2 saturated carbocycles. The average Bonchev–Trinajstić information content (AvgIpc) is 2.97. The molecule has 0 saturated heterocycles.